The van der Waals surface area contributed by atoms with Crippen LogP contribution in [0.3, 0.4) is 0 Å². The maximum absolute atomic E-state index is 13.0. The lowest BCUT2D eigenvalue weighted by molar-refractivity contribution is -0.115. The SMILES string of the molecule is Cc1cccc(C(C)C)c1NC(=O)C(C)Sc1nc2ccccc2c(=O)n1C(C)C. The molecule has 1 amide bonds. The molecule has 0 radical (unpaired) electrons. The fourth-order valence-corrected chi connectivity index (χ4v) is 4.48. The first-order chi connectivity index (χ1) is 14.2. The highest BCUT2D eigenvalue weighted by Crippen LogP contribution is 2.30. The van der Waals surface area contributed by atoms with Gasteiger partial charge in [-0.05, 0) is 56.9 Å². The number of hydrogen-bond donors (Lipinski definition) is 1. The molecule has 0 saturated heterocycles. The van der Waals surface area contributed by atoms with Gasteiger partial charge in [0, 0.05) is 11.7 Å². The summed E-state index contributed by atoms with van der Waals surface area (Å²) < 4.78 is 1.67. The summed E-state index contributed by atoms with van der Waals surface area (Å²) in [6, 6.07) is 13.3. The highest BCUT2D eigenvalue weighted by molar-refractivity contribution is 8.00. The number of amides is 1. The van der Waals surface area contributed by atoms with Crippen molar-refractivity contribution < 1.29 is 4.79 Å². The van der Waals surface area contributed by atoms with Crippen molar-refractivity contribution >= 4 is 34.3 Å². The first kappa shape index (κ1) is 22.1. The van der Waals surface area contributed by atoms with Crippen molar-refractivity contribution in [3.8, 4) is 0 Å². The molecule has 0 aliphatic carbocycles. The first-order valence-corrected chi connectivity index (χ1v) is 11.2. The zero-order valence-electron chi connectivity index (χ0n) is 18.4. The lowest BCUT2D eigenvalue weighted by Crippen LogP contribution is -2.28. The van der Waals surface area contributed by atoms with Crippen molar-refractivity contribution in [1.29, 1.82) is 0 Å². The van der Waals surface area contributed by atoms with Crippen LogP contribution < -0.4 is 10.9 Å². The summed E-state index contributed by atoms with van der Waals surface area (Å²) in [5.41, 5.74) is 3.60. The molecule has 6 heteroatoms. The van der Waals surface area contributed by atoms with E-state index >= 15 is 0 Å². The van der Waals surface area contributed by atoms with Gasteiger partial charge in [-0.1, -0.05) is 55.9 Å². The van der Waals surface area contributed by atoms with Crippen LogP contribution in [0.4, 0.5) is 5.69 Å². The highest BCUT2D eigenvalue weighted by atomic mass is 32.2. The van der Waals surface area contributed by atoms with E-state index in [0.717, 1.165) is 16.8 Å². The third-order valence-corrected chi connectivity index (χ3v) is 6.18. The van der Waals surface area contributed by atoms with E-state index in [2.05, 4.69) is 19.2 Å². The number of aromatic nitrogens is 2. The third kappa shape index (κ3) is 4.43. The molecule has 158 valence electrons. The van der Waals surface area contributed by atoms with E-state index in [0.29, 0.717) is 22.0 Å². The molecule has 5 nitrogen and oxygen atoms in total. The van der Waals surface area contributed by atoms with E-state index in [4.69, 9.17) is 4.98 Å². The number of hydrogen-bond acceptors (Lipinski definition) is 4. The molecule has 0 bridgehead atoms. The topological polar surface area (TPSA) is 64.0 Å². The number of carbonyl (C=O) groups is 1. The van der Waals surface area contributed by atoms with Crippen LogP contribution >= 0.6 is 11.8 Å². The molecule has 0 saturated carbocycles. The minimum atomic E-state index is -0.414. The minimum absolute atomic E-state index is 0.0590. The fraction of sp³-hybridized carbons (Fsp3) is 0.375. The molecule has 1 N–H and O–H groups in total. The van der Waals surface area contributed by atoms with Gasteiger partial charge in [0.05, 0.1) is 16.2 Å². The van der Waals surface area contributed by atoms with Crippen LogP contribution in [0.2, 0.25) is 0 Å². The molecule has 1 unspecified atom stereocenters. The average molecular weight is 424 g/mol. The van der Waals surface area contributed by atoms with Crippen LogP contribution in [0.5, 0.6) is 0 Å². The summed E-state index contributed by atoms with van der Waals surface area (Å²) in [6.45, 7) is 12.0. The number of anilines is 1. The molecule has 1 heterocycles. The largest absolute Gasteiger partial charge is 0.325 e. The summed E-state index contributed by atoms with van der Waals surface area (Å²) in [5.74, 6) is 0.199. The zero-order valence-corrected chi connectivity index (χ0v) is 19.2. The quantitative estimate of drug-likeness (QED) is 0.418. The summed E-state index contributed by atoms with van der Waals surface area (Å²) in [4.78, 5) is 30.7. The summed E-state index contributed by atoms with van der Waals surface area (Å²) in [7, 11) is 0. The lowest BCUT2D eigenvalue weighted by Gasteiger charge is -2.20. The van der Waals surface area contributed by atoms with Crippen molar-refractivity contribution in [1.82, 2.24) is 9.55 Å². The summed E-state index contributed by atoms with van der Waals surface area (Å²) in [5, 5.41) is 3.84. The maximum Gasteiger partial charge on any atom is 0.262 e. The number of nitrogens with zero attached hydrogens (tertiary/aromatic N) is 2. The van der Waals surface area contributed by atoms with Gasteiger partial charge in [0.1, 0.15) is 0 Å². The van der Waals surface area contributed by atoms with Crippen molar-refractivity contribution in [3.63, 3.8) is 0 Å². The Morgan fingerprint density at radius 3 is 2.40 bits per heavy atom. The van der Waals surface area contributed by atoms with Gasteiger partial charge < -0.3 is 5.32 Å². The van der Waals surface area contributed by atoms with E-state index < -0.39 is 5.25 Å². The number of fused-ring (bicyclic) bond motifs is 1. The molecule has 1 aromatic heterocycles. The van der Waals surface area contributed by atoms with Crippen LogP contribution in [0, 0.1) is 6.92 Å². The molecular weight excluding hydrogens is 394 g/mol. The van der Waals surface area contributed by atoms with Crippen LogP contribution in [0.15, 0.2) is 52.4 Å². The smallest absolute Gasteiger partial charge is 0.262 e. The second-order valence-electron chi connectivity index (χ2n) is 8.12. The lowest BCUT2D eigenvalue weighted by atomic mass is 9.98. The van der Waals surface area contributed by atoms with E-state index in [9.17, 15) is 9.59 Å². The molecule has 1 atom stereocenters. The first-order valence-electron chi connectivity index (χ1n) is 10.3. The second-order valence-corrected chi connectivity index (χ2v) is 9.43. The van der Waals surface area contributed by atoms with Gasteiger partial charge >= 0.3 is 0 Å². The van der Waals surface area contributed by atoms with Gasteiger partial charge in [0.2, 0.25) is 5.91 Å². The molecule has 2 aromatic carbocycles. The van der Waals surface area contributed by atoms with Crippen LogP contribution in [0.25, 0.3) is 10.9 Å². The Morgan fingerprint density at radius 1 is 1.03 bits per heavy atom. The zero-order chi connectivity index (χ0) is 22.0. The summed E-state index contributed by atoms with van der Waals surface area (Å²) in [6.07, 6.45) is 0. The number of rotatable bonds is 6. The Morgan fingerprint density at radius 2 is 1.73 bits per heavy atom. The molecule has 3 aromatic rings. The number of carbonyl (C=O) groups excluding carboxylic acids is 1. The predicted octanol–water partition coefficient (Wildman–Crippen LogP) is 5.53. The Balaban J connectivity index is 1.92. The maximum atomic E-state index is 13.0. The highest BCUT2D eigenvalue weighted by Gasteiger charge is 2.22. The van der Waals surface area contributed by atoms with Crippen molar-refractivity contribution in [2.45, 2.75) is 63.9 Å². The minimum Gasteiger partial charge on any atom is -0.325 e. The Kier molecular flexibility index (Phi) is 6.66. The number of para-hydroxylation sites is 2. The third-order valence-electron chi connectivity index (χ3n) is 5.12. The van der Waals surface area contributed by atoms with Crippen LogP contribution in [0.1, 0.15) is 57.7 Å². The fourth-order valence-electron chi connectivity index (χ4n) is 3.44. The van der Waals surface area contributed by atoms with Gasteiger partial charge in [-0.25, -0.2) is 4.98 Å². The molecule has 0 aliphatic rings. The van der Waals surface area contributed by atoms with E-state index in [-0.39, 0.29) is 17.5 Å². The number of aryl methyl sites for hydroxylation is 1. The van der Waals surface area contributed by atoms with Crippen molar-refractivity contribution in [3.05, 3.63) is 63.9 Å². The molecule has 30 heavy (non-hydrogen) atoms. The Labute approximate surface area is 181 Å². The van der Waals surface area contributed by atoms with Crippen molar-refractivity contribution in [2.75, 3.05) is 5.32 Å². The van der Waals surface area contributed by atoms with Crippen LogP contribution in [-0.4, -0.2) is 20.7 Å². The second kappa shape index (κ2) is 9.04. The summed E-state index contributed by atoms with van der Waals surface area (Å²) >= 11 is 1.31. The van der Waals surface area contributed by atoms with Crippen molar-refractivity contribution in [2.24, 2.45) is 0 Å². The van der Waals surface area contributed by atoms with E-state index in [1.54, 1.807) is 10.6 Å². The predicted molar refractivity (Wildman–Crippen MR) is 126 cm³/mol. The molecular formula is C24H29N3O2S. The van der Waals surface area contributed by atoms with Crippen LogP contribution in [-0.2, 0) is 4.79 Å². The van der Waals surface area contributed by atoms with E-state index in [1.807, 2.05) is 64.1 Å². The van der Waals surface area contributed by atoms with Gasteiger partial charge in [-0.2, -0.15) is 0 Å². The molecule has 3 rings (SSSR count). The monoisotopic (exact) mass is 423 g/mol. The molecule has 0 spiro atoms. The molecule has 0 aliphatic heterocycles. The van der Waals surface area contributed by atoms with Gasteiger partial charge in [0.15, 0.2) is 5.16 Å². The average Bonchev–Trinajstić information content (AvgIpc) is 2.69. The number of thioether (sulfide) groups is 1. The van der Waals surface area contributed by atoms with Gasteiger partial charge in [0.25, 0.3) is 5.56 Å². The molecule has 0 fully saturated rings. The van der Waals surface area contributed by atoms with Gasteiger partial charge in [-0.3, -0.25) is 14.2 Å². The number of benzene rings is 2. The normalized spacial score (nSPS) is 12.5. The van der Waals surface area contributed by atoms with Gasteiger partial charge in [-0.15, -0.1) is 0 Å². The standard InChI is InChI=1S/C24H29N3O2S/c1-14(2)18-12-9-10-16(5)21(18)26-22(28)17(6)30-24-25-20-13-8-7-11-19(20)23(29)27(24)15(3)4/h7-15,17H,1-6H3,(H,26,28). The Bertz CT molecular complexity index is 1130. The van der Waals surface area contributed by atoms with E-state index in [1.165, 1.54) is 11.8 Å². The number of nitrogens with one attached hydrogen (secondary N) is 1. The Hall–Kier alpha value is -2.60.